The smallest absolute Gasteiger partial charge is 0.247 e. The molecule has 2 fully saturated rings. The number of piperidine rings is 1. The summed E-state index contributed by atoms with van der Waals surface area (Å²) in [6.07, 6.45) is 6.56. The molecule has 2 atom stereocenters. The normalized spacial score (nSPS) is 27.5. The zero-order chi connectivity index (χ0) is 15.0. The Kier molecular flexibility index (Phi) is 4.69. The topological polar surface area (TPSA) is 50.5 Å². The predicted molar refractivity (Wildman–Crippen MR) is 84.8 cm³/mol. The first-order chi connectivity index (χ1) is 10.0. The maximum absolute atomic E-state index is 13.0. The summed E-state index contributed by atoms with van der Waals surface area (Å²) < 4.78 is 33.3. The van der Waals surface area contributed by atoms with Crippen molar-refractivity contribution in [2.45, 2.75) is 55.3 Å². The molecule has 0 unspecified atom stereocenters. The van der Waals surface area contributed by atoms with E-state index in [1.165, 1.54) is 6.42 Å². The lowest BCUT2D eigenvalue weighted by Crippen LogP contribution is -2.49. The number of rotatable bonds is 3. The third-order valence-electron chi connectivity index (χ3n) is 4.62. The Hall–Kier alpha value is -0.0400. The zero-order valence-corrected chi connectivity index (χ0v) is 14.9. The maximum Gasteiger partial charge on any atom is 0.247 e. The quantitative estimate of drug-likeness (QED) is 0.722. The van der Waals surface area contributed by atoms with Crippen LogP contribution < -0.4 is 0 Å². The summed E-state index contributed by atoms with van der Waals surface area (Å²) in [5.74, 6) is 1.15. The summed E-state index contributed by atoms with van der Waals surface area (Å²) in [4.78, 5) is 0.212. The van der Waals surface area contributed by atoms with Gasteiger partial charge in [0.25, 0.3) is 0 Å². The van der Waals surface area contributed by atoms with Gasteiger partial charge in [-0.15, -0.1) is 11.6 Å². The minimum Gasteiger partial charge on any atom is -0.452 e. The highest BCUT2D eigenvalue weighted by molar-refractivity contribution is 9.10. The van der Waals surface area contributed by atoms with Crippen LogP contribution in [0, 0.1) is 5.92 Å². The highest BCUT2D eigenvalue weighted by Crippen LogP contribution is 2.39. The standard InChI is InChI=1S/C14H19BrClNO3S/c15-14-13(8-11(9-16)20-14)21(18,19)17-7-3-5-10-4-1-2-6-12(10)17/h8,10,12H,1-7,9H2/t10-,12-/m1/s1. The molecule has 3 rings (SSSR count). The van der Waals surface area contributed by atoms with Crippen LogP contribution in [-0.4, -0.2) is 25.3 Å². The minimum atomic E-state index is -3.52. The second kappa shape index (κ2) is 6.22. The molecule has 0 amide bonds. The summed E-state index contributed by atoms with van der Waals surface area (Å²) in [6, 6.07) is 1.69. The van der Waals surface area contributed by atoms with Gasteiger partial charge < -0.3 is 4.42 Å². The largest absolute Gasteiger partial charge is 0.452 e. The fraction of sp³-hybridized carbons (Fsp3) is 0.714. The van der Waals surface area contributed by atoms with Crippen molar-refractivity contribution in [2.24, 2.45) is 5.92 Å². The van der Waals surface area contributed by atoms with E-state index in [1.807, 2.05) is 0 Å². The zero-order valence-electron chi connectivity index (χ0n) is 11.7. The van der Waals surface area contributed by atoms with Crippen LogP contribution in [-0.2, 0) is 15.9 Å². The van der Waals surface area contributed by atoms with Crippen molar-refractivity contribution < 1.29 is 12.8 Å². The van der Waals surface area contributed by atoms with Crippen LogP contribution in [0.2, 0.25) is 0 Å². The van der Waals surface area contributed by atoms with Gasteiger partial charge in [-0.1, -0.05) is 12.8 Å². The monoisotopic (exact) mass is 395 g/mol. The number of alkyl halides is 1. The van der Waals surface area contributed by atoms with Crippen molar-refractivity contribution in [3.8, 4) is 0 Å². The average molecular weight is 397 g/mol. The molecule has 2 heterocycles. The SMILES string of the molecule is O=S(=O)(c1cc(CCl)oc1Br)N1CCC[C@H]2CCCC[C@H]21. The molecule has 1 saturated heterocycles. The molecule has 0 spiro atoms. The number of halogens is 2. The van der Waals surface area contributed by atoms with E-state index in [0.717, 1.165) is 32.1 Å². The van der Waals surface area contributed by atoms with E-state index >= 15 is 0 Å². The van der Waals surface area contributed by atoms with E-state index in [2.05, 4.69) is 15.9 Å². The third-order valence-corrected chi connectivity index (χ3v) is 7.66. The van der Waals surface area contributed by atoms with E-state index in [9.17, 15) is 8.42 Å². The van der Waals surface area contributed by atoms with Crippen LogP contribution in [0.5, 0.6) is 0 Å². The highest BCUT2D eigenvalue weighted by Gasteiger charge is 2.41. The molecule has 1 saturated carbocycles. The number of fused-ring (bicyclic) bond motifs is 1. The molecule has 21 heavy (non-hydrogen) atoms. The Balaban J connectivity index is 1.94. The van der Waals surface area contributed by atoms with Gasteiger partial charge >= 0.3 is 0 Å². The Morgan fingerprint density at radius 3 is 2.71 bits per heavy atom. The molecule has 1 aromatic heterocycles. The van der Waals surface area contributed by atoms with E-state index in [4.69, 9.17) is 16.0 Å². The van der Waals surface area contributed by atoms with Crippen molar-refractivity contribution in [1.82, 2.24) is 4.31 Å². The maximum atomic E-state index is 13.0. The molecule has 1 aromatic rings. The number of hydrogen-bond acceptors (Lipinski definition) is 3. The third kappa shape index (κ3) is 2.92. The van der Waals surface area contributed by atoms with Crippen molar-refractivity contribution in [3.63, 3.8) is 0 Å². The molecule has 0 bridgehead atoms. The fourth-order valence-corrected chi connectivity index (χ4v) is 6.49. The molecule has 7 heteroatoms. The van der Waals surface area contributed by atoms with E-state index in [-0.39, 0.29) is 21.5 Å². The summed E-state index contributed by atoms with van der Waals surface area (Å²) in [5.41, 5.74) is 0. The van der Waals surface area contributed by atoms with Gasteiger partial charge in [0.05, 0.1) is 5.88 Å². The van der Waals surface area contributed by atoms with Crippen LogP contribution in [0.1, 0.15) is 44.3 Å². The summed E-state index contributed by atoms with van der Waals surface area (Å²) in [6.45, 7) is 0.608. The van der Waals surface area contributed by atoms with Crippen molar-refractivity contribution in [2.75, 3.05) is 6.54 Å². The number of furan rings is 1. The van der Waals surface area contributed by atoms with E-state index in [1.54, 1.807) is 10.4 Å². The number of hydrogen-bond donors (Lipinski definition) is 0. The molecule has 0 N–H and O–H groups in total. The predicted octanol–water partition coefficient (Wildman–Crippen LogP) is 4.12. The van der Waals surface area contributed by atoms with Crippen LogP contribution in [0.3, 0.4) is 0 Å². The molecular weight excluding hydrogens is 378 g/mol. The summed E-state index contributed by atoms with van der Waals surface area (Å²) >= 11 is 8.95. The minimum absolute atomic E-state index is 0.152. The highest BCUT2D eigenvalue weighted by atomic mass is 79.9. The van der Waals surface area contributed by atoms with E-state index in [0.29, 0.717) is 18.2 Å². The van der Waals surface area contributed by atoms with Gasteiger partial charge in [-0.2, -0.15) is 4.31 Å². The van der Waals surface area contributed by atoms with Crippen molar-refractivity contribution in [3.05, 3.63) is 16.5 Å². The molecule has 4 nitrogen and oxygen atoms in total. The molecule has 0 aromatic carbocycles. The first kappa shape index (κ1) is 15.8. The lowest BCUT2D eigenvalue weighted by molar-refractivity contribution is 0.129. The lowest BCUT2D eigenvalue weighted by atomic mass is 9.79. The van der Waals surface area contributed by atoms with Crippen LogP contribution in [0.25, 0.3) is 0 Å². The number of nitrogens with zero attached hydrogens (tertiary/aromatic N) is 1. The molecule has 118 valence electrons. The first-order valence-corrected chi connectivity index (χ1v) is 10.2. The Morgan fingerprint density at radius 2 is 2.00 bits per heavy atom. The van der Waals surface area contributed by atoms with Gasteiger partial charge in [0, 0.05) is 18.7 Å². The Labute approximate surface area is 139 Å². The van der Waals surface area contributed by atoms with Crippen LogP contribution >= 0.6 is 27.5 Å². The first-order valence-electron chi connectivity index (χ1n) is 7.40. The second-order valence-corrected chi connectivity index (χ2v) is 8.70. The fourth-order valence-electron chi connectivity index (χ4n) is 3.64. The molecule has 1 aliphatic carbocycles. The van der Waals surface area contributed by atoms with Gasteiger partial charge in [-0.25, -0.2) is 8.42 Å². The Morgan fingerprint density at radius 1 is 1.29 bits per heavy atom. The van der Waals surface area contributed by atoms with Crippen molar-refractivity contribution >= 4 is 37.6 Å². The van der Waals surface area contributed by atoms with Gasteiger partial charge in [-0.05, 0) is 47.5 Å². The molecule has 1 aliphatic heterocycles. The summed E-state index contributed by atoms with van der Waals surface area (Å²) in [5, 5.41) is 0. The van der Waals surface area contributed by atoms with Crippen molar-refractivity contribution in [1.29, 1.82) is 0 Å². The van der Waals surface area contributed by atoms with Gasteiger partial charge in [-0.3, -0.25) is 0 Å². The van der Waals surface area contributed by atoms with Crippen LogP contribution in [0.15, 0.2) is 20.0 Å². The van der Waals surface area contributed by atoms with E-state index < -0.39 is 10.0 Å². The average Bonchev–Trinajstić information content (AvgIpc) is 2.88. The molecule has 2 aliphatic rings. The summed E-state index contributed by atoms with van der Waals surface area (Å²) in [7, 11) is -3.52. The lowest BCUT2D eigenvalue weighted by Gasteiger charge is -2.42. The number of sulfonamides is 1. The second-order valence-electron chi connectivity index (χ2n) is 5.85. The van der Waals surface area contributed by atoms with Crippen LogP contribution in [0.4, 0.5) is 0 Å². The van der Waals surface area contributed by atoms with Gasteiger partial charge in [0.2, 0.25) is 10.0 Å². The molecular formula is C14H19BrClNO3S. The van der Waals surface area contributed by atoms with Gasteiger partial charge in [0.15, 0.2) is 4.67 Å². The Bertz CT molecular complexity index is 614. The van der Waals surface area contributed by atoms with Gasteiger partial charge in [0.1, 0.15) is 10.7 Å². The molecule has 0 radical (unpaired) electrons.